The zero-order valence-corrected chi connectivity index (χ0v) is 13.9. The van der Waals surface area contributed by atoms with Crippen molar-refractivity contribution in [2.45, 2.75) is 45.7 Å². The highest BCUT2D eigenvalue weighted by Gasteiger charge is 2.12. The molecule has 0 aromatic heterocycles. The van der Waals surface area contributed by atoms with Crippen molar-refractivity contribution in [1.29, 1.82) is 0 Å². The van der Waals surface area contributed by atoms with Gasteiger partial charge in [0.2, 0.25) is 0 Å². The molecule has 0 spiro atoms. The molecule has 0 aliphatic rings. The first-order valence-electron chi connectivity index (χ1n) is 8.10. The highest BCUT2D eigenvalue weighted by atomic mass is 16.4. The lowest BCUT2D eigenvalue weighted by atomic mass is 10.0. The number of aryl methyl sites for hydroxylation is 2. The zero-order chi connectivity index (χ0) is 16.7. The summed E-state index contributed by atoms with van der Waals surface area (Å²) in [6.07, 6.45) is 1.67. The van der Waals surface area contributed by atoms with Crippen LogP contribution in [0.1, 0.15) is 35.1 Å². The first-order chi connectivity index (χ1) is 11.0. The van der Waals surface area contributed by atoms with E-state index < -0.39 is 5.97 Å². The van der Waals surface area contributed by atoms with Crippen molar-refractivity contribution in [2.24, 2.45) is 0 Å². The average Bonchev–Trinajstić information content (AvgIpc) is 2.52. The second-order valence-corrected chi connectivity index (χ2v) is 6.13. The third-order valence-corrected chi connectivity index (χ3v) is 4.11. The number of carbonyl (C=O) groups is 1. The van der Waals surface area contributed by atoms with Crippen LogP contribution in [-0.4, -0.2) is 17.1 Å². The number of aliphatic carboxylic acids is 1. The van der Waals surface area contributed by atoms with E-state index in [-0.39, 0.29) is 12.5 Å². The van der Waals surface area contributed by atoms with Gasteiger partial charge in [0.15, 0.2) is 0 Å². The van der Waals surface area contributed by atoms with Gasteiger partial charge >= 0.3 is 5.97 Å². The molecule has 0 radical (unpaired) electrons. The Labute approximate surface area is 138 Å². The Balaban J connectivity index is 2.00. The molecule has 0 aliphatic carbocycles. The van der Waals surface area contributed by atoms with Crippen molar-refractivity contribution in [2.75, 3.05) is 0 Å². The smallest absolute Gasteiger partial charge is 0.303 e. The summed E-state index contributed by atoms with van der Waals surface area (Å²) in [5.74, 6) is -0.739. The molecule has 0 amide bonds. The highest BCUT2D eigenvalue weighted by Crippen LogP contribution is 2.13. The lowest BCUT2D eigenvalue weighted by Gasteiger charge is -2.19. The van der Waals surface area contributed by atoms with Gasteiger partial charge in [0, 0.05) is 19.0 Å². The van der Waals surface area contributed by atoms with Crippen LogP contribution in [0.25, 0.3) is 0 Å². The number of benzene rings is 2. The summed E-state index contributed by atoms with van der Waals surface area (Å²) in [4.78, 5) is 10.9. The molecule has 2 rings (SSSR count). The first kappa shape index (κ1) is 17.2. The molecule has 0 aliphatic heterocycles. The minimum absolute atomic E-state index is 0.161. The maximum atomic E-state index is 10.9. The van der Waals surface area contributed by atoms with Crippen LogP contribution in [0.3, 0.4) is 0 Å². The third-order valence-electron chi connectivity index (χ3n) is 4.11. The number of hydrogen-bond acceptors (Lipinski definition) is 2. The summed E-state index contributed by atoms with van der Waals surface area (Å²) in [7, 11) is 0. The monoisotopic (exact) mass is 311 g/mol. The quantitative estimate of drug-likeness (QED) is 0.778. The molecule has 0 heterocycles. The molecule has 3 heteroatoms. The Bertz CT molecular complexity index is 637. The van der Waals surface area contributed by atoms with Crippen LogP contribution in [0.4, 0.5) is 0 Å². The second kappa shape index (κ2) is 8.49. The number of rotatable bonds is 8. The van der Waals surface area contributed by atoms with Crippen LogP contribution in [0.15, 0.2) is 48.5 Å². The Morgan fingerprint density at radius 2 is 1.87 bits per heavy atom. The standard InChI is InChI=1S/C20H25NO2/c1-15-8-9-18(16(2)12-15)14-21-19(10-11-20(22)23)13-17-6-4-3-5-7-17/h3-9,12,19,21H,10-11,13-14H2,1-2H3,(H,22,23). The molecule has 1 unspecified atom stereocenters. The fourth-order valence-corrected chi connectivity index (χ4v) is 2.77. The summed E-state index contributed by atoms with van der Waals surface area (Å²) >= 11 is 0. The predicted molar refractivity (Wildman–Crippen MR) is 93.6 cm³/mol. The summed E-state index contributed by atoms with van der Waals surface area (Å²) in [6.45, 7) is 4.98. The van der Waals surface area contributed by atoms with Crippen LogP contribution in [0.2, 0.25) is 0 Å². The second-order valence-electron chi connectivity index (χ2n) is 6.13. The molecule has 122 valence electrons. The van der Waals surface area contributed by atoms with E-state index in [4.69, 9.17) is 5.11 Å². The van der Waals surface area contributed by atoms with Crippen molar-refractivity contribution < 1.29 is 9.90 Å². The van der Waals surface area contributed by atoms with Gasteiger partial charge in [-0.05, 0) is 43.4 Å². The van der Waals surface area contributed by atoms with Crippen molar-refractivity contribution in [3.8, 4) is 0 Å². The molecule has 2 aromatic rings. The molecule has 0 fully saturated rings. The molecule has 0 saturated heterocycles. The summed E-state index contributed by atoms with van der Waals surface area (Å²) in [5.41, 5.74) is 5.03. The van der Waals surface area contributed by atoms with Gasteiger partial charge in [-0.2, -0.15) is 0 Å². The van der Waals surface area contributed by atoms with Gasteiger partial charge in [-0.3, -0.25) is 4.79 Å². The number of hydrogen-bond donors (Lipinski definition) is 2. The van der Waals surface area contributed by atoms with E-state index in [0.29, 0.717) is 6.42 Å². The van der Waals surface area contributed by atoms with Gasteiger partial charge in [-0.15, -0.1) is 0 Å². The van der Waals surface area contributed by atoms with Crippen molar-refractivity contribution in [1.82, 2.24) is 5.32 Å². The molecule has 0 saturated carbocycles. The van der Waals surface area contributed by atoms with Crippen molar-refractivity contribution >= 4 is 5.97 Å². The van der Waals surface area contributed by atoms with E-state index in [9.17, 15) is 4.79 Å². The van der Waals surface area contributed by atoms with Crippen LogP contribution in [0.5, 0.6) is 0 Å². The predicted octanol–water partition coefficient (Wildman–Crippen LogP) is 3.87. The first-order valence-corrected chi connectivity index (χ1v) is 8.10. The molecular weight excluding hydrogens is 286 g/mol. The molecule has 3 nitrogen and oxygen atoms in total. The van der Waals surface area contributed by atoms with E-state index >= 15 is 0 Å². The van der Waals surface area contributed by atoms with E-state index in [1.165, 1.54) is 22.3 Å². The fourth-order valence-electron chi connectivity index (χ4n) is 2.77. The maximum absolute atomic E-state index is 10.9. The summed E-state index contributed by atoms with van der Waals surface area (Å²) in [5, 5.41) is 12.5. The molecule has 1 atom stereocenters. The van der Waals surface area contributed by atoms with Gasteiger partial charge < -0.3 is 10.4 Å². The Morgan fingerprint density at radius 1 is 1.13 bits per heavy atom. The van der Waals surface area contributed by atoms with Gasteiger partial charge in [0.05, 0.1) is 0 Å². The van der Waals surface area contributed by atoms with Crippen LogP contribution < -0.4 is 5.32 Å². The number of carboxylic acid groups (broad SMARTS) is 1. The van der Waals surface area contributed by atoms with Crippen LogP contribution >= 0.6 is 0 Å². The normalized spacial score (nSPS) is 12.1. The van der Waals surface area contributed by atoms with Gasteiger partial charge in [0.1, 0.15) is 0 Å². The van der Waals surface area contributed by atoms with Crippen LogP contribution in [-0.2, 0) is 17.8 Å². The topological polar surface area (TPSA) is 49.3 Å². The minimum atomic E-state index is -0.739. The van der Waals surface area contributed by atoms with Crippen LogP contribution in [0, 0.1) is 13.8 Å². The van der Waals surface area contributed by atoms with Gasteiger partial charge in [-0.1, -0.05) is 54.1 Å². The van der Waals surface area contributed by atoms with E-state index in [0.717, 1.165) is 13.0 Å². The Kier molecular flexibility index (Phi) is 6.36. The average molecular weight is 311 g/mol. The lowest BCUT2D eigenvalue weighted by Crippen LogP contribution is -2.31. The number of carboxylic acids is 1. The fraction of sp³-hybridized carbons (Fsp3) is 0.350. The Hall–Kier alpha value is -2.13. The van der Waals surface area contributed by atoms with E-state index in [1.54, 1.807) is 0 Å². The lowest BCUT2D eigenvalue weighted by molar-refractivity contribution is -0.137. The molecule has 23 heavy (non-hydrogen) atoms. The van der Waals surface area contributed by atoms with Gasteiger partial charge in [0.25, 0.3) is 0 Å². The van der Waals surface area contributed by atoms with Crippen molar-refractivity contribution in [3.05, 3.63) is 70.8 Å². The highest BCUT2D eigenvalue weighted by molar-refractivity contribution is 5.66. The van der Waals surface area contributed by atoms with Crippen molar-refractivity contribution in [3.63, 3.8) is 0 Å². The molecule has 2 aromatic carbocycles. The zero-order valence-electron chi connectivity index (χ0n) is 13.9. The minimum Gasteiger partial charge on any atom is -0.481 e. The van der Waals surface area contributed by atoms with E-state index in [1.807, 2.05) is 18.2 Å². The third kappa shape index (κ3) is 5.87. The van der Waals surface area contributed by atoms with Gasteiger partial charge in [-0.25, -0.2) is 0 Å². The van der Waals surface area contributed by atoms with E-state index in [2.05, 4.69) is 49.5 Å². The molecular formula is C20H25NO2. The SMILES string of the molecule is Cc1ccc(CNC(CCC(=O)O)Cc2ccccc2)c(C)c1. The molecule has 2 N–H and O–H groups in total. The summed E-state index contributed by atoms with van der Waals surface area (Å²) < 4.78 is 0. The summed E-state index contributed by atoms with van der Waals surface area (Å²) in [6, 6.07) is 16.8. The maximum Gasteiger partial charge on any atom is 0.303 e. The Morgan fingerprint density at radius 3 is 2.52 bits per heavy atom. The number of nitrogens with one attached hydrogen (secondary N) is 1. The molecule has 0 bridgehead atoms. The largest absolute Gasteiger partial charge is 0.481 e.